The summed E-state index contributed by atoms with van der Waals surface area (Å²) in [4.78, 5) is 18.7. The smallest absolute Gasteiger partial charge is 0.289 e. The number of nitrogens with zero attached hydrogens (tertiary/aromatic N) is 3. The van der Waals surface area contributed by atoms with Crippen LogP contribution in [0.25, 0.3) is 0 Å². The standard InChI is InChI=1S/C17H29N3O3/c1-18(2)13-15-5-6-16(23-15)17(21)19(3)11-14-7-8-20(12-14)9-10-22-4/h5-6,14H,7-13H2,1-4H3. The SMILES string of the molecule is COCCN1CCC(CN(C)C(=O)c2ccc(CN(C)C)o2)C1. The van der Waals surface area contributed by atoms with Gasteiger partial charge in [-0.1, -0.05) is 0 Å². The molecular weight excluding hydrogens is 294 g/mol. The summed E-state index contributed by atoms with van der Waals surface area (Å²) in [5.74, 6) is 1.74. The van der Waals surface area contributed by atoms with Gasteiger partial charge in [0, 0.05) is 33.8 Å². The van der Waals surface area contributed by atoms with E-state index in [1.54, 1.807) is 18.1 Å². The zero-order chi connectivity index (χ0) is 16.8. The second-order valence-electron chi connectivity index (χ2n) is 6.64. The lowest BCUT2D eigenvalue weighted by atomic mass is 10.1. The van der Waals surface area contributed by atoms with Crippen LogP contribution in [-0.2, 0) is 11.3 Å². The molecule has 1 aromatic heterocycles. The third kappa shape index (κ3) is 5.34. The quantitative estimate of drug-likeness (QED) is 0.723. The van der Waals surface area contributed by atoms with E-state index in [4.69, 9.17) is 9.15 Å². The Hall–Kier alpha value is -1.37. The number of carbonyl (C=O) groups excluding carboxylic acids is 1. The molecule has 0 aliphatic carbocycles. The number of hydrogen-bond donors (Lipinski definition) is 0. The highest BCUT2D eigenvalue weighted by atomic mass is 16.5. The first-order valence-electron chi connectivity index (χ1n) is 8.19. The maximum Gasteiger partial charge on any atom is 0.289 e. The van der Waals surface area contributed by atoms with Gasteiger partial charge in [0.05, 0.1) is 13.2 Å². The predicted octanol–water partition coefficient (Wildman–Crippen LogP) is 1.38. The van der Waals surface area contributed by atoms with Crippen LogP contribution >= 0.6 is 0 Å². The normalized spacial score (nSPS) is 18.7. The molecule has 1 aliphatic rings. The van der Waals surface area contributed by atoms with Crippen LogP contribution < -0.4 is 0 Å². The Labute approximate surface area is 139 Å². The summed E-state index contributed by atoms with van der Waals surface area (Å²) in [6, 6.07) is 3.65. The van der Waals surface area contributed by atoms with E-state index < -0.39 is 0 Å². The lowest BCUT2D eigenvalue weighted by Crippen LogP contribution is -2.33. The van der Waals surface area contributed by atoms with Crippen LogP contribution in [0.4, 0.5) is 0 Å². The van der Waals surface area contributed by atoms with E-state index in [9.17, 15) is 4.79 Å². The van der Waals surface area contributed by atoms with Crippen LogP contribution in [0.15, 0.2) is 16.5 Å². The molecule has 0 aromatic carbocycles. The summed E-state index contributed by atoms with van der Waals surface area (Å²) in [5, 5.41) is 0. The minimum atomic E-state index is -0.0367. The summed E-state index contributed by atoms with van der Waals surface area (Å²) >= 11 is 0. The van der Waals surface area contributed by atoms with Crippen molar-refractivity contribution in [3.8, 4) is 0 Å². The number of methoxy groups -OCH3 is 1. The molecule has 1 aliphatic heterocycles. The van der Waals surface area contributed by atoms with Gasteiger partial charge in [-0.2, -0.15) is 0 Å². The van der Waals surface area contributed by atoms with Gasteiger partial charge in [0.25, 0.3) is 5.91 Å². The lowest BCUT2D eigenvalue weighted by Gasteiger charge is -2.21. The van der Waals surface area contributed by atoms with Crippen molar-refractivity contribution in [3.63, 3.8) is 0 Å². The van der Waals surface area contributed by atoms with Crippen LogP contribution in [0.5, 0.6) is 0 Å². The molecule has 6 heteroatoms. The van der Waals surface area contributed by atoms with Crippen molar-refractivity contribution in [2.45, 2.75) is 13.0 Å². The molecule has 1 amide bonds. The lowest BCUT2D eigenvalue weighted by molar-refractivity contribution is 0.0737. The molecule has 0 spiro atoms. The molecule has 0 radical (unpaired) electrons. The highest BCUT2D eigenvalue weighted by Crippen LogP contribution is 2.18. The van der Waals surface area contributed by atoms with Gasteiger partial charge >= 0.3 is 0 Å². The monoisotopic (exact) mass is 323 g/mol. The van der Waals surface area contributed by atoms with Crippen molar-refractivity contribution in [3.05, 3.63) is 23.7 Å². The van der Waals surface area contributed by atoms with E-state index >= 15 is 0 Å². The van der Waals surface area contributed by atoms with Crippen LogP contribution in [0.2, 0.25) is 0 Å². The summed E-state index contributed by atoms with van der Waals surface area (Å²) in [6.07, 6.45) is 1.13. The van der Waals surface area contributed by atoms with E-state index in [0.717, 1.165) is 45.0 Å². The molecule has 2 heterocycles. The van der Waals surface area contributed by atoms with Gasteiger partial charge in [-0.15, -0.1) is 0 Å². The maximum atomic E-state index is 12.5. The Kier molecular flexibility index (Phi) is 6.62. The molecule has 0 N–H and O–H groups in total. The third-order valence-corrected chi connectivity index (χ3v) is 4.20. The largest absolute Gasteiger partial charge is 0.455 e. The second kappa shape index (κ2) is 8.47. The maximum absolute atomic E-state index is 12.5. The van der Waals surface area contributed by atoms with Crippen LogP contribution in [0, 0.1) is 5.92 Å². The number of ether oxygens (including phenoxy) is 1. The first kappa shape index (κ1) is 18.0. The van der Waals surface area contributed by atoms with Crippen molar-refractivity contribution < 1.29 is 13.9 Å². The van der Waals surface area contributed by atoms with Gasteiger partial charge in [0.2, 0.25) is 0 Å². The van der Waals surface area contributed by atoms with E-state index in [2.05, 4.69) is 4.90 Å². The van der Waals surface area contributed by atoms with Crippen molar-refractivity contribution in [2.75, 3.05) is 61.0 Å². The van der Waals surface area contributed by atoms with Crippen LogP contribution in [0.3, 0.4) is 0 Å². The first-order chi connectivity index (χ1) is 11.0. The van der Waals surface area contributed by atoms with Crippen molar-refractivity contribution >= 4 is 5.91 Å². The molecule has 0 saturated carbocycles. The summed E-state index contributed by atoms with van der Waals surface area (Å²) < 4.78 is 10.8. The number of rotatable bonds is 8. The van der Waals surface area contributed by atoms with Gasteiger partial charge < -0.3 is 23.9 Å². The zero-order valence-corrected chi connectivity index (χ0v) is 14.7. The van der Waals surface area contributed by atoms with E-state index in [0.29, 0.717) is 18.2 Å². The molecular formula is C17H29N3O3. The Morgan fingerprint density at radius 3 is 2.87 bits per heavy atom. The average Bonchev–Trinajstić information content (AvgIpc) is 3.13. The number of likely N-dealkylation sites (tertiary alicyclic amines) is 1. The highest BCUT2D eigenvalue weighted by Gasteiger charge is 2.25. The molecule has 1 atom stereocenters. The number of hydrogen-bond acceptors (Lipinski definition) is 5. The van der Waals surface area contributed by atoms with Crippen LogP contribution in [0.1, 0.15) is 22.7 Å². The van der Waals surface area contributed by atoms with Gasteiger partial charge in [0.1, 0.15) is 5.76 Å². The second-order valence-corrected chi connectivity index (χ2v) is 6.64. The first-order valence-corrected chi connectivity index (χ1v) is 8.19. The Balaban J connectivity index is 1.82. The van der Waals surface area contributed by atoms with Gasteiger partial charge in [-0.25, -0.2) is 0 Å². The number of carbonyl (C=O) groups is 1. The molecule has 1 unspecified atom stereocenters. The minimum Gasteiger partial charge on any atom is -0.455 e. The fourth-order valence-electron chi connectivity index (χ4n) is 3.03. The zero-order valence-electron chi connectivity index (χ0n) is 14.7. The predicted molar refractivity (Wildman–Crippen MR) is 89.5 cm³/mol. The Bertz CT molecular complexity index is 501. The summed E-state index contributed by atoms with van der Waals surface area (Å²) in [5.41, 5.74) is 0. The molecule has 2 rings (SSSR count). The van der Waals surface area contributed by atoms with Crippen LogP contribution in [-0.4, -0.2) is 81.6 Å². The molecule has 6 nitrogen and oxygen atoms in total. The topological polar surface area (TPSA) is 49.2 Å². The summed E-state index contributed by atoms with van der Waals surface area (Å²) in [6.45, 7) is 5.33. The molecule has 1 saturated heterocycles. The Morgan fingerprint density at radius 2 is 2.17 bits per heavy atom. The van der Waals surface area contributed by atoms with E-state index in [1.807, 2.05) is 32.1 Å². The van der Waals surface area contributed by atoms with Crippen molar-refractivity contribution in [2.24, 2.45) is 5.92 Å². The van der Waals surface area contributed by atoms with Gasteiger partial charge in [0.15, 0.2) is 5.76 Å². The molecule has 0 bridgehead atoms. The third-order valence-electron chi connectivity index (χ3n) is 4.20. The van der Waals surface area contributed by atoms with Crippen molar-refractivity contribution in [1.29, 1.82) is 0 Å². The van der Waals surface area contributed by atoms with E-state index in [1.165, 1.54) is 0 Å². The minimum absolute atomic E-state index is 0.0367. The highest BCUT2D eigenvalue weighted by molar-refractivity contribution is 5.91. The van der Waals surface area contributed by atoms with Gasteiger partial charge in [-0.3, -0.25) is 4.79 Å². The molecule has 1 aromatic rings. The van der Waals surface area contributed by atoms with Gasteiger partial charge in [-0.05, 0) is 45.1 Å². The van der Waals surface area contributed by atoms with E-state index in [-0.39, 0.29) is 5.91 Å². The molecule has 23 heavy (non-hydrogen) atoms. The fourth-order valence-corrected chi connectivity index (χ4v) is 3.03. The molecule has 130 valence electrons. The fraction of sp³-hybridized carbons (Fsp3) is 0.706. The number of furan rings is 1. The Morgan fingerprint density at radius 1 is 1.39 bits per heavy atom. The molecule has 1 fully saturated rings. The van der Waals surface area contributed by atoms with Crippen molar-refractivity contribution in [1.82, 2.24) is 14.7 Å². The number of amides is 1. The summed E-state index contributed by atoms with van der Waals surface area (Å²) in [7, 11) is 7.54. The average molecular weight is 323 g/mol.